The number of fused-ring (bicyclic) bond motifs is 1. The Morgan fingerprint density at radius 2 is 1.29 bits per heavy atom. The van der Waals surface area contributed by atoms with Crippen LogP contribution in [0.25, 0.3) is 0 Å². The van der Waals surface area contributed by atoms with Crippen molar-refractivity contribution in [1.82, 2.24) is 4.31 Å². The van der Waals surface area contributed by atoms with E-state index in [2.05, 4.69) is 9.44 Å². The fourth-order valence-corrected chi connectivity index (χ4v) is 5.88. The van der Waals surface area contributed by atoms with Crippen molar-refractivity contribution in [2.75, 3.05) is 35.7 Å². The molecule has 31 heavy (non-hydrogen) atoms. The summed E-state index contributed by atoms with van der Waals surface area (Å²) in [4.78, 5) is 0.0442. The van der Waals surface area contributed by atoms with Crippen LogP contribution in [-0.2, 0) is 20.2 Å². The summed E-state index contributed by atoms with van der Waals surface area (Å²) in [5.41, 5.74) is 0.680. The first-order valence-electron chi connectivity index (χ1n) is 10.1. The van der Waals surface area contributed by atoms with Crippen LogP contribution in [0.1, 0.15) is 25.7 Å². The van der Waals surface area contributed by atoms with E-state index < -0.39 is 20.2 Å². The van der Waals surface area contributed by atoms with Gasteiger partial charge in [-0.25, -0.2) is 8.42 Å². The number of rotatable bonds is 6. The fourth-order valence-electron chi connectivity index (χ4n) is 3.51. The predicted octanol–water partition coefficient (Wildman–Crippen LogP) is 2.79. The van der Waals surface area contributed by atoms with Crippen LogP contribution in [0.3, 0.4) is 0 Å². The van der Waals surface area contributed by atoms with Crippen molar-refractivity contribution in [3.05, 3.63) is 42.5 Å². The molecule has 168 valence electrons. The molecule has 2 aliphatic heterocycles. The molecule has 2 aromatic rings. The summed E-state index contributed by atoms with van der Waals surface area (Å²) >= 11 is 0. The molecule has 2 N–H and O–H groups in total. The molecule has 2 aromatic carbocycles. The van der Waals surface area contributed by atoms with Gasteiger partial charge in [-0.15, -0.1) is 0 Å². The van der Waals surface area contributed by atoms with Gasteiger partial charge in [0.1, 0.15) is 13.2 Å². The third-order valence-corrected chi connectivity index (χ3v) is 8.03. The van der Waals surface area contributed by atoms with Crippen LogP contribution in [0, 0.1) is 0 Å². The molecule has 0 aliphatic carbocycles. The lowest BCUT2D eigenvalue weighted by atomic mass is 10.2. The summed E-state index contributed by atoms with van der Waals surface area (Å²) in [6.45, 7) is 1.79. The molecule has 1 saturated heterocycles. The molecular formula is C20H25N3O6S2. The largest absolute Gasteiger partial charge is 0.486 e. The number of benzene rings is 2. The minimum absolute atomic E-state index is 0.0442. The van der Waals surface area contributed by atoms with Crippen molar-refractivity contribution in [2.24, 2.45) is 0 Å². The zero-order chi connectivity index (χ0) is 21.9. The van der Waals surface area contributed by atoms with Gasteiger partial charge in [0.25, 0.3) is 10.0 Å². The molecule has 2 heterocycles. The molecule has 11 heteroatoms. The van der Waals surface area contributed by atoms with Crippen molar-refractivity contribution in [1.29, 1.82) is 0 Å². The van der Waals surface area contributed by atoms with Crippen molar-refractivity contribution < 1.29 is 26.3 Å². The lowest BCUT2D eigenvalue weighted by molar-refractivity contribution is 0.171. The molecule has 1 fully saturated rings. The molecule has 2 aliphatic rings. The van der Waals surface area contributed by atoms with E-state index in [9.17, 15) is 16.8 Å². The maximum Gasteiger partial charge on any atom is 0.301 e. The van der Waals surface area contributed by atoms with Gasteiger partial charge in [0.2, 0.25) is 0 Å². The highest BCUT2D eigenvalue weighted by atomic mass is 32.2. The normalized spacial score (nSPS) is 17.5. The Morgan fingerprint density at radius 3 is 1.94 bits per heavy atom. The standard InChI is InChI=1S/C20H25N3O6S2/c24-30(25,18-9-10-19-20(15-18)29-14-13-28-19)21-16-5-7-17(8-6-16)22-31(26,27)23-11-3-1-2-4-12-23/h5-10,15,21-22H,1-4,11-14H2. The van der Waals surface area contributed by atoms with Crippen LogP contribution in [0.2, 0.25) is 0 Å². The van der Waals surface area contributed by atoms with Crippen LogP contribution in [0.4, 0.5) is 11.4 Å². The van der Waals surface area contributed by atoms with E-state index in [1.54, 1.807) is 6.07 Å². The molecule has 4 rings (SSSR count). The van der Waals surface area contributed by atoms with Crippen molar-refractivity contribution in [3.8, 4) is 11.5 Å². The van der Waals surface area contributed by atoms with E-state index in [0.29, 0.717) is 49.2 Å². The smallest absolute Gasteiger partial charge is 0.301 e. The number of anilines is 2. The molecule has 0 aromatic heterocycles. The van der Waals surface area contributed by atoms with Crippen LogP contribution in [0.5, 0.6) is 11.5 Å². The number of nitrogens with zero attached hydrogens (tertiary/aromatic N) is 1. The number of sulfonamides is 1. The Bertz CT molecular complexity index is 1130. The van der Waals surface area contributed by atoms with Gasteiger partial charge in [0, 0.05) is 30.5 Å². The third kappa shape index (κ3) is 5.23. The maximum absolute atomic E-state index is 12.7. The first-order chi connectivity index (χ1) is 14.8. The SMILES string of the molecule is O=S(=O)(Nc1ccc(NS(=O)(=O)N2CCCCCC2)cc1)c1ccc2c(c1)OCCO2. The second kappa shape index (κ2) is 8.93. The van der Waals surface area contributed by atoms with Gasteiger partial charge < -0.3 is 9.47 Å². The summed E-state index contributed by atoms with van der Waals surface area (Å²) in [6.07, 6.45) is 3.76. The summed E-state index contributed by atoms with van der Waals surface area (Å²) in [6, 6.07) is 10.5. The Labute approximate surface area is 182 Å². The van der Waals surface area contributed by atoms with Crippen molar-refractivity contribution in [2.45, 2.75) is 30.6 Å². The summed E-state index contributed by atoms with van der Waals surface area (Å²) in [5, 5.41) is 0. The zero-order valence-electron chi connectivity index (χ0n) is 16.9. The summed E-state index contributed by atoms with van der Waals surface area (Å²) in [7, 11) is -7.49. The van der Waals surface area contributed by atoms with Crippen LogP contribution < -0.4 is 18.9 Å². The molecule has 0 atom stereocenters. The predicted molar refractivity (Wildman–Crippen MR) is 117 cm³/mol. The molecule has 0 spiro atoms. The highest BCUT2D eigenvalue weighted by Gasteiger charge is 2.23. The average molecular weight is 468 g/mol. The Morgan fingerprint density at radius 1 is 0.710 bits per heavy atom. The average Bonchev–Trinajstić information content (AvgIpc) is 3.05. The van der Waals surface area contributed by atoms with E-state index in [4.69, 9.17) is 9.47 Å². The fraction of sp³-hybridized carbons (Fsp3) is 0.400. The minimum atomic E-state index is -3.85. The van der Waals surface area contributed by atoms with E-state index in [1.165, 1.54) is 40.7 Å². The maximum atomic E-state index is 12.7. The van der Waals surface area contributed by atoms with Gasteiger partial charge in [-0.1, -0.05) is 12.8 Å². The third-order valence-electron chi connectivity index (χ3n) is 5.11. The van der Waals surface area contributed by atoms with Gasteiger partial charge in [0.15, 0.2) is 11.5 Å². The lowest BCUT2D eigenvalue weighted by Gasteiger charge is -2.21. The monoisotopic (exact) mass is 467 g/mol. The lowest BCUT2D eigenvalue weighted by Crippen LogP contribution is -2.36. The first kappa shape index (κ1) is 21.7. The highest BCUT2D eigenvalue weighted by molar-refractivity contribution is 7.92. The van der Waals surface area contributed by atoms with Gasteiger partial charge in [0.05, 0.1) is 4.90 Å². The Kier molecular flexibility index (Phi) is 6.26. The second-order valence-electron chi connectivity index (χ2n) is 7.41. The summed E-state index contributed by atoms with van der Waals surface area (Å²) < 4.78 is 68.0. The van der Waals surface area contributed by atoms with Crippen molar-refractivity contribution in [3.63, 3.8) is 0 Å². The molecule has 0 amide bonds. The van der Waals surface area contributed by atoms with Gasteiger partial charge in [-0.2, -0.15) is 12.7 Å². The number of ether oxygens (including phenoxy) is 2. The summed E-state index contributed by atoms with van der Waals surface area (Å²) in [5.74, 6) is 0.888. The van der Waals surface area contributed by atoms with Crippen LogP contribution in [0.15, 0.2) is 47.4 Å². The molecular weight excluding hydrogens is 442 g/mol. The topological polar surface area (TPSA) is 114 Å². The Hall–Kier alpha value is -2.50. The van der Waals surface area contributed by atoms with Crippen LogP contribution in [-0.4, -0.2) is 47.4 Å². The quantitative estimate of drug-likeness (QED) is 0.675. The molecule has 9 nitrogen and oxygen atoms in total. The minimum Gasteiger partial charge on any atom is -0.486 e. The first-order valence-corrected chi connectivity index (χ1v) is 13.1. The van der Waals surface area contributed by atoms with E-state index >= 15 is 0 Å². The number of hydrogen-bond donors (Lipinski definition) is 2. The zero-order valence-corrected chi connectivity index (χ0v) is 18.5. The van der Waals surface area contributed by atoms with E-state index in [0.717, 1.165) is 25.7 Å². The molecule has 0 bridgehead atoms. The van der Waals surface area contributed by atoms with E-state index in [-0.39, 0.29) is 4.90 Å². The van der Waals surface area contributed by atoms with Gasteiger partial charge >= 0.3 is 10.2 Å². The van der Waals surface area contributed by atoms with E-state index in [1.807, 2.05) is 0 Å². The Balaban J connectivity index is 1.44. The number of hydrogen-bond acceptors (Lipinski definition) is 6. The molecule has 0 saturated carbocycles. The molecule has 0 unspecified atom stereocenters. The molecule has 0 radical (unpaired) electrons. The highest BCUT2D eigenvalue weighted by Crippen LogP contribution is 2.32. The van der Waals surface area contributed by atoms with Crippen molar-refractivity contribution >= 4 is 31.6 Å². The van der Waals surface area contributed by atoms with Gasteiger partial charge in [-0.3, -0.25) is 9.44 Å². The second-order valence-corrected chi connectivity index (χ2v) is 10.8. The van der Waals surface area contributed by atoms with Gasteiger partial charge in [-0.05, 0) is 49.2 Å². The van der Waals surface area contributed by atoms with Crippen LogP contribution >= 0.6 is 0 Å². The number of nitrogens with one attached hydrogen (secondary N) is 2.